The molecule has 0 heterocycles. The van der Waals surface area contributed by atoms with Gasteiger partial charge in [-0.25, -0.2) is 13.8 Å². The fraction of sp³-hybridized carbons (Fsp3) is 0.176. The number of anilines is 1. The molecule has 0 bridgehead atoms. The molecule has 2 rings (SSSR count). The summed E-state index contributed by atoms with van der Waals surface area (Å²) in [7, 11) is -3.72. The van der Waals surface area contributed by atoms with Gasteiger partial charge < -0.3 is 0 Å². The molecule has 0 aliphatic carbocycles. The number of hydrogen-bond acceptors (Lipinski definition) is 4. The molecule has 0 saturated heterocycles. The molecule has 2 aromatic carbocycles. The first-order valence-electron chi connectivity index (χ1n) is 7.60. The number of sulfonamides is 1. The van der Waals surface area contributed by atoms with Crippen LogP contribution in [0.2, 0.25) is 10.0 Å². The largest absolute Gasteiger partial charge is 0.271 e. The van der Waals surface area contributed by atoms with Crippen molar-refractivity contribution < 1.29 is 13.2 Å². The number of hydrazone groups is 1. The van der Waals surface area contributed by atoms with Crippen LogP contribution in [0.4, 0.5) is 5.69 Å². The van der Waals surface area contributed by atoms with Gasteiger partial charge in [-0.2, -0.15) is 5.10 Å². The Morgan fingerprint density at radius 3 is 2.33 bits per heavy atom. The van der Waals surface area contributed by atoms with E-state index in [-0.39, 0.29) is 15.7 Å². The number of halogens is 3. The quantitative estimate of drug-likeness (QED) is 0.487. The van der Waals surface area contributed by atoms with Crippen molar-refractivity contribution in [2.75, 3.05) is 17.1 Å². The zero-order valence-corrected chi connectivity index (χ0v) is 18.3. The maximum atomic E-state index is 12.2. The van der Waals surface area contributed by atoms with Crippen molar-refractivity contribution in [2.45, 2.75) is 6.92 Å². The second-order valence-corrected chi connectivity index (χ2v) is 9.24. The van der Waals surface area contributed by atoms with Crippen LogP contribution >= 0.6 is 39.1 Å². The van der Waals surface area contributed by atoms with E-state index in [9.17, 15) is 13.2 Å². The Balaban J connectivity index is 2.15. The first-order valence-corrected chi connectivity index (χ1v) is 11.0. The lowest BCUT2D eigenvalue weighted by atomic mass is 10.1. The molecule has 0 aliphatic heterocycles. The fourth-order valence-corrected chi connectivity index (χ4v) is 3.51. The Labute approximate surface area is 176 Å². The highest BCUT2D eigenvalue weighted by Gasteiger charge is 2.21. The van der Waals surface area contributed by atoms with E-state index in [1.165, 1.54) is 18.2 Å². The van der Waals surface area contributed by atoms with Crippen molar-refractivity contribution in [1.29, 1.82) is 0 Å². The summed E-state index contributed by atoms with van der Waals surface area (Å²) < 4.78 is 26.0. The third-order valence-corrected chi connectivity index (χ3v) is 5.90. The summed E-state index contributed by atoms with van der Waals surface area (Å²) in [5.41, 5.74) is 4.00. The zero-order chi connectivity index (χ0) is 20.2. The highest BCUT2D eigenvalue weighted by atomic mass is 79.9. The molecule has 0 fully saturated rings. The monoisotopic (exact) mass is 491 g/mol. The number of rotatable bonds is 6. The first kappa shape index (κ1) is 21.7. The van der Waals surface area contributed by atoms with Crippen LogP contribution in [0.25, 0.3) is 0 Å². The molecule has 10 heteroatoms. The number of carbonyl (C=O) groups is 1. The second kappa shape index (κ2) is 9.05. The molecule has 6 nitrogen and oxygen atoms in total. The van der Waals surface area contributed by atoms with E-state index in [0.717, 1.165) is 20.6 Å². The highest BCUT2D eigenvalue weighted by molar-refractivity contribution is 9.10. The minimum atomic E-state index is -3.72. The SMILES string of the molecule is C/C(=N/NC(=O)CN(c1ccc(Cl)c(Cl)c1)S(C)(=O)=O)c1ccc(Br)cc1. The van der Waals surface area contributed by atoms with E-state index < -0.39 is 22.5 Å². The van der Waals surface area contributed by atoms with E-state index in [0.29, 0.717) is 5.71 Å². The van der Waals surface area contributed by atoms with Crippen molar-refractivity contribution >= 4 is 66.5 Å². The molecule has 0 aromatic heterocycles. The maximum Gasteiger partial charge on any atom is 0.260 e. The Hall–Kier alpha value is -1.61. The predicted octanol–water partition coefficient (Wildman–Crippen LogP) is 4.06. The van der Waals surface area contributed by atoms with Gasteiger partial charge in [0.05, 0.1) is 27.7 Å². The molecular formula is C17H16BrCl2N3O3S. The molecule has 2 aromatic rings. The fourth-order valence-electron chi connectivity index (χ4n) is 2.11. The summed E-state index contributed by atoms with van der Waals surface area (Å²) in [4.78, 5) is 12.2. The van der Waals surface area contributed by atoms with Gasteiger partial charge in [0.1, 0.15) is 6.54 Å². The van der Waals surface area contributed by atoms with Gasteiger partial charge in [0.2, 0.25) is 10.0 Å². The van der Waals surface area contributed by atoms with E-state index in [2.05, 4.69) is 26.5 Å². The van der Waals surface area contributed by atoms with Crippen LogP contribution in [0.3, 0.4) is 0 Å². The third-order valence-electron chi connectivity index (χ3n) is 3.49. The van der Waals surface area contributed by atoms with Crippen molar-refractivity contribution in [1.82, 2.24) is 5.43 Å². The van der Waals surface area contributed by atoms with E-state index >= 15 is 0 Å². The highest BCUT2D eigenvalue weighted by Crippen LogP contribution is 2.28. The molecule has 27 heavy (non-hydrogen) atoms. The number of carbonyl (C=O) groups excluding carboxylic acids is 1. The molecule has 0 unspecified atom stereocenters. The van der Waals surface area contributed by atoms with Crippen molar-refractivity contribution in [3.05, 3.63) is 62.5 Å². The number of hydrogen-bond donors (Lipinski definition) is 1. The Kier molecular flexibility index (Phi) is 7.27. The first-order chi connectivity index (χ1) is 12.6. The van der Waals surface area contributed by atoms with E-state index in [1.54, 1.807) is 6.92 Å². The summed E-state index contributed by atoms with van der Waals surface area (Å²) in [5.74, 6) is -0.594. The molecular weight excluding hydrogens is 477 g/mol. The topological polar surface area (TPSA) is 78.8 Å². The lowest BCUT2D eigenvalue weighted by molar-refractivity contribution is -0.119. The summed E-state index contributed by atoms with van der Waals surface area (Å²) >= 11 is 15.1. The van der Waals surface area contributed by atoms with Crippen LogP contribution in [0.5, 0.6) is 0 Å². The minimum absolute atomic E-state index is 0.187. The minimum Gasteiger partial charge on any atom is -0.271 e. The third kappa shape index (κ3) is 6.21. The van der Waals surface area contributed by atoms with Crippen LogP contribution in [0, 0.1) is 0 Å². The summed E-state index contributed by atoms with van der Waals surface area (Å²) in [6.07, 6.45) is 0.999. The van der Waals surface area contributed by atoms with Crippen LogP contribution in [0.1, 0.15) is 12.5 Å². The van der Waals surface area contributed by atoms with Crippen molar-refractivity contribution in [2.24, 2.45) is 5.10 Å². The molecule has 0 radical (unpaired) electrons. The van der Waals surface area contributed by atoms with Crippen LogP contribution < -0.4 is 9.73 Å². The molecule has 1 amide bonds. The van der Waals surface area contributed by atoms with Gasteiger partial charge in [0.25, 0.3) is 5.91 Å². The Morgan fingerprint density at radius 2 is 1.78 bits per heavy atom. The summed E-state index contributed by atoms with van der Waals surface area (Å²) in [6, 6.07) is 11.7. The number of amides is 1. The van der Waals surface area contributed by atoms with E-state index in [4.69, 9.17) is 23.2 Å². The predicted molar refractivity (Wildman–Crippen MR) is 113 cm³/mol. The summed E-state index contributed by atoms with van der Waals surface area (Å²) in [6.45, 7) is 1.28. The number of nitrogens with zero attached hydrogens (tertiary/aromatic N) is 2. The van der Waals surface area contributed by atoms with Gasteiger partial charge >= 0.3 is 0 Å². The average Bonchev–Trinajstić information content (AvgIpc) is 2.59. The van der Waals surface area contributed by atoms with Crippen LogP contribution in [-0.2, 0) is 14.8 Å². The molecule has 0 saturated carbocycles. The molecule has 0 atom stereocenters. The molecule has 0 aliphatic rings. The summed E-state index contributed by atoms with van der Waals surface area (Å²) in [5, 5.41) is 4.49. The normalized spacial score (nSPS) is 12.0. The van der Waals surface area contributed by atoms with Crippen LogP contribution in [0.15, 0.2) is 52.0 Å². The lowest BCUT2D eigenvalue weighted by Crippen LogP contribution is -2.39. The lowest BCUT2D eigenvalue weighted by Gasteiger charge is -2.21. The number of nitrogens with one attached hydrogen (secondary N) is 1. The van der Waals surface area contributed by atoms with Crippen molar-refractivity contribution in [3.8, 4) is 0 Å². The number of benzene rings is 2. The molecule has 0 spiro atoms. The zero-order valence-electron chi connectivity index (χ0n) is 14.4. The maximum absolute atomic E-state index is 12.2. The standard InChI is InChI=1S/C17H16BrCl2N3O3S/c1-11(12-3-5-13(18)6-4-12)21-22-17(24)10-23(27(2,25)26)14-7-8-15(19)16(20)9-14/h3-9H,10H2,1-2H3,(H,22,24)/b21-11-. The van der Waals surface area contributed by atoms with Gasteiger partial charge in [-0.15, -0.1) is 0 Å². The molecule has 1 N–H and O–H groups in total. The van der Waals surface area contributed by atoms with E-state index in [1.807, 2.05) is 24.3 Å². The van der Waals surface area contributed by atoms with Gasteiger partial charge in [-0.05, 0) is 42.8 Å². The van der Waals surface area contributed by atoms with Gasteiger partial charge in [0, 0.05) is 4.47 Å². The van der Waals surface area contributed by atoms with Crippen molar-refractivity contribution in [3.63, 3.8) is 0 Å². The smallest absolute Gasteiger partial charge is 0.260 e. The van der Waals surface area contributed by atoms with Crippen LogP contribution in [-0.4, -0.2) is 32.8 Å². The Bertz CT molecular complexity index is 979. The van der Waals surface area contributed by atoms with Gasteiger partial charge in [-0.3, -0.25) is 9.10 Å². The second-order valence-electron chi connectivity index (χ2n) is 5.61. The van der Waals surface area contributed by atoms with Gasteiger partial charge in [-0.1, -0.05) is 51.3 Å². The Morgan fingerprint density at radius 1 is 1.15 bits per heavy atom. The van der Waals surface area contributed by atoms with Gasteiger partial charge in [0.15, 0.2) is 0 Å². The average molecular weight is 493 g/mol. The molecule has 144 valence electrons.